The molecule has 1 saturated carbocycles. The number of aromatic nitrogens is 4. The number of hydrogen-bond acceptors (Lipinski definition) is 5. The molecule has 22 heavy (non-hydrogen) atoms. The van der Waals surface area contributed by atoms with Gasteiger partial charge < -0.3 is 9.64 Å². The Morgan fingerprint density at radius 3 is 3.00 bits per heavy atom. The van der Waals surface area contributed by atoms with E-state index in [-0.39, 0.29) is 0 Å². The van der Waals surface area contributed by atoms with Gasteiger partial charge in [0, 0.05) is 56.8 Å². The smallest absolute Gasteiger partial charge is 0.147 e. The lowest BCUT2D eigenvalue weighted by atomic mass is 10.1. The molecule has 1 fully saturated rings. The van der Waals surface area contributed by atoms with Crippen molar-refractivity contribution >= 4 is 5.82 Å². The van der Waals surface area contributed by atoms with Gasteiger partial charge in [-0.3, -0.25) is 9.67 Å². The van der Waals surface area contributed by atoms with Crippen LogP contribution in [0.25, 0.3) is 0 Å². The van der Waals surface area contributed by atoms with Crippen LogP contribution in [0.3, 0.4) is 0 Å². The van der Waals surface area contributed by atoms with E-state index in [1.807, 2.05) is 17.9 Å². The van der Waals surface area contributed by atoms with E-state index in [9.17, 15) is 0 Å². The van der Waals surface area contributed by atoms with Crippen molar-refractivity contribution in [3.05, 3.63) is 35.5 Å². The number of hydrogen-bond donors (Lipinski definition) is 0. The molecular formula is C16H21N5O. The van der Waals surface area contributed by atoms with Gasteiger partial charge in [-0.2, -0.15) is 5.10 Å². The summed E-state index contributed by atoms with van der Waals surface area (Å²) in [7, 11) is 2.03. The first-order chi connectivity index (χ1) is 10.8. The molecule has 0 radical (unpaired) electrons. The minimum absolute atomic E-state index is 0.619. The second-order valence-electron chi connectivity index (χ2n) is 6.19. The summed E-state index contributed by atoms with van der Waals surface area (Å²) in [5.74, 6) is 1.72. The van der Waals surface area contributed by atoms with Gasteiger partial charge in [-0.1, -0.05) is 0 Å². The summed E-state index contributed by atoms with van der Waals surface area (Å²) in [4.78, 5) is 10.8. The van der Waals surface area contributed by atoms with Gasteiger partial charge in [0.25, 0.3) is 0 Å². The molecule has 6 nitrogen and oxygen atoms in total. The first-order valence-corrected chi connectivity index (χ1v) is 7.93. The number of nitrogens with zero attached hydrogens (tertiary/aromatic N) is 5. The van der Waals surface area contributed by atoms with Crippen LogP contribution in [0.15, 0.2) is 18.6 Å². The van der Waals surface area contributed by atoms with E-state index in [0.29, 0.717) is 6.61 Å². The quantitative estimate of drug-likeness (QED) is 0.841. The molecule has 0 spiro atoms. The lowest BCUT2D eigenvalue weighted by molar-refractivity contribution is 0.108. The molecule has 116 valence electrons. The number of aryl methyl sites for hydroxylation is 1. The number of fused-ring (bicyclic) bond motifs is 1. The third-order valence-electron chi connectivity index (χ3n) is 4.49. The topological polar surface area (TPSA) is 56.1 Å². The van der Waals surface area contributed by atoms with Gasteiger partial charge in [-0.15, -0.1) is 0 Å². The molecule has 3 heterocycles. The fourth-order valence-electron chi connectivity index (χ4n) is 3.04. The highest BCUT2D eigenvalue weighted by Gasteiger charge is 2.26. The second kappa shape index (κ2) is 5.68. The highest BCUT2D eigenvalue weighted by atomic mass is 16.5. The summed E-state index contributed by atoms with van der Waals surface area (Å²) in [6.07, 6.45) is 8.90. The zero-order valence-electron chi connectivity index (χ0n) is 12.9. The molecule has 2 aromatic rings. The van der Waals surface area contributed by atoms with Crippen LogP contribution in [0.5, 0.6) is 0 Å². The predicted octanol–water partition coefficient (Wildman–Crippen LogP) is 1.70. The van der Waals surface area contributed by atoms with Crippen LogP contribution < -0.4 is 4.90 Å². The highest BCUT2D eigenvalue weighted by Crippen LogP contribution is 2.30. The Hall–Kier alpha value is -1.95. The molecule has 6 heteroatoms. The van der Waals surface area contributed by atoms with Crippen molar-refractivity contribution in [3.8, 4) is 0 Å². The van der Waals surface area contributed by atoms with Crippen LogP contribution in [0, 0.1) is 5.92 Å². The molecule has 2 aliphatic rings. The summed E-state index contributed by atoms with van der Waals surface area (Å²) >= 11 is 0. The molecule has 0 amide bonds. The first-order valence-electron chi connectivity index (χ1n) is 7.93. The normalized spacial score (nSPS) is 17.6. The van der Waals surface area contributed by atoms with E-state index in [2.05, 4.69) is 20.0 Å². The van der Waals surface area contributed by atoms with Crippen molar-refractivity contribution in [3.63, 3.8) is 0 Å². The van der Waals surface area contributed by atoms with Crippen molar-refractivity contribution < 1.29 is 4.74 Å². The van der Waals surface area contributed by atoms with Crippen LogP contribution in [-0.2, 0) is 31.4 Å². The number of ether oxygens (including phenoxy) is 1. The monoisotopic (exact) mass is 299 g/mol. The average molecular weight is 299 g/mol. The second-order valence-corrected chi connectivity index (χ2v) is 6.19. The van der Waals surface area contributed by atoms with Gasteiger partial charge in [0.05, 0.1) is 18.5 Å². The SMILES string of the molecule is Cn1nc(COCC2CC2)c2c1CCN(c1cnccn1)C2. The molecule has 2 aromatic heterocycles. The summed E-state index contributed by atoms with van der Waals surface area (Å²) in [5.41, 5.74) is 3.70. The fourth-order valence-corrected chi connectivity index (χ4v) is 3.04. The Kier molecular flexibility index (Phi) is 3.54. The van der Waals surface area contributed by atoms with Crippen molar-refractivity contribution in [1.82, 2.24) is 19.7 Å². The Bertz CT molecular complexity index is 650. The van der Waals surface area contributed by atoms with Crippen LogP contribution in [0.2, 0.25) is 0 Å². The molecule has 1 aliphatic heterocycles. The summed E-state index contributed by atoms with van der Waals surface area (Å²) < 4.78 is 7.85. The lowest BCUT2D eigenvalue weighted by Gasteiger charge is -2.28. The van der Waals surface area contributed by atoms with Crippen molar-refractivity contribution in [1.29, 1.82) is 0 Å². The highest BCUT2D eigenvalue weighted by molar-refractivity contribution is 5.42. The fraction of sp³-hybridized carbons (Fsp3) is 0.562. The molecule has 0 unspecified atom stereocenters. The van der Waals surface area contributed by atoms with E-state index in [1.54, 1.807) is 12.4 Å². The van der Waals surface area contributed by atoms with E-state index in [0.717, 1.165) is 43.5 Å². The van der Waals surface area contributed by atoms with E-state index < -0.39 is 0 Å². The Morgan fingerprint density at radius 1 is 1.32 bits per heavy atom. The average Bonchev–Trinajstić information content (AvgIpc) is 3.33. The predicted molar refractivity (Wildman–Crippen MR) is 82.4 cm³/mol. The zero-order chi connectivity index (χ0) is 14.9. The van der Waals surface area contributed by atoms with Gasteiger partial charge in [0.1, 0.15) is 5.82 Å². The van der Waals surface area contributed by atoms with Crippen LogP contribution in [-0.4, -0.2) is 32.9 Å². The van der Waals surface area contributed by atoms with Crippen molar-refractivity contribution in [2.75, 3.05) is 18.1 Å². The minimum atomic E-state index is 0.619. The van der Waals surface area contributed by atoms with Gasteiger partial charge in [-0.25, -0.2) is 4.98 Å². The molecule has 0 bridgehead atoms. The van der Waals surface area contributed by atoms with E-state index in [4.69, 9.17) is 4.74 Å². The van der Waals surface area contributed by atoms with Crippen molar-refractivity contribution in [2.45, 2.75) is 32.4 Å². The molecule has 0 aromatic carbocycles. The molecule has 1 aliphatic carbocycles. The largest absolute Gasteiger partial charge is 0.375 e. The van der Waals surface area contributed by atoms with Gasteiger partial charge >= 0.3 is 0 Å². The molecule has 0 saturated heterocycles. The van der Waals surface area contributed by atoms with Crippen molar-refractivity contribution in [2.24, 2.45) is 13.0 Å². The third kappa shape index (κ3) is 2.70. The first kappa shape index (κ1) is 13.7. The Morgan fingerprint density at radius 2 is 2.23 bits per heavy atom. The molecule has 0 N–H and O–H groups in total. The zero-order valence-corrected chi connectivity index (χ0v) is 12.9. The van der Waals surface area contributed by atoms with Crippen LogP contribution in [0.1, 0.15) is 29.8 Å². The standard InChI is InChI=1S/C16H21N5O/c1-20-15-4-7-21(16-8-17-5-6-18-16)9-13(15)14(19-20)11-22-10-12-2-3-12/h5-6,8,12H,2-4,7,9-11H2,1H3. The lowest BCUT2D eigenvalue weighted by Crippen LogP contribution is -2.31. The summed E-state index contributed by atoms with van der Waals surface area (Å²) in [6.45, 7) is 3.28. The number of anilines is 1. The third-order valence-corrected chi connectivity index (χ3v) is 4.49. The number of rotatable bonds is 5. The maximum atomic E-state index is 5.84. The van der Waals surface area contributed by atoms with Gasteiger partial charge in [0.15, 0.2) is 0 Å². The van der Waals surface area contributed by atoms with E-state index >= 15 is 0 Å². The Balaban J connectivity index is 1.51. The molecule has 4 rings (SSSR count). The Labute approximate surface area is 130 Å². The summed E-state index contributed by atoms with van der Waals surface area (Å²) in [6, 6.07) is 0. The van der Waals surface area contributed by atoms with Gasteiger partial charge in [0.2, 0.25) is 0 Å². The van der Waals surface area contributed by atoms with Crippen LogP contribution >= 0.6 is 0 Å². The minimum Gasteiger partial charge on any atom is -0.375 e. The van der Waals surface area contributed by atoms with Gasteiger partial charge in [-0.05, 0) is 18.8 Å². The molecular weight excluding hydrogens is 278 g/mol. The maximum Gasteiger partial charge on any atom is 0.147 e. The maximum absolute atomic E-state index is 5.84. The van der Waals surface area contributed by atoms with Crippen LogP contribution in [0.4, 0.5) is 5.82 Å². The van der Waals surface area contributed by atoms with E-state index in [1.165, 1.54) is 24.1 Å². The molecule has 0 atom stereocenters. The summed E-state index contributed by atoms with van der Waals surface area (Å²) in [5, 5.41) is 4.67.